The van der Waals surface area contributed by atoms with E-state index in [9.17, 15) is 19.2 Å². The zero-order valence-corrected chi connectivity index (χ0v) is 32.6. The first-order valence-corrected chi connectivity index (χ1v) is 25.2. The number of unbranched alkanes of at least 4 members (excludes halogenated alkanes) is 10. The van der Waals surface area contributed by atoms with Crippen molar-refractivity contribution in [3.63, 3.8) is 0 Å². The number of rotatable bonds is 14. The van der Waals surface area contributed by atoms with Crippen molar-refractivity contribution >= 4 is 50.5 Å². The Bertz CT molecular complexity index is 1600. The summed E-state index contributed by atoms with van der Waals surface area (Å²) in [6.07, 6.45) is 12.4. The molecule has 48 heavy (non-hydrogen) atoms. The second-order valence-corrected chi connectivity index (χ2v) is 25.0. The van der Waals surface area contributed by atoms with Crippen molar-refractivity contribution in [1.82, 2.24) is 9.80 Å². The molecule has 0 saturated carbocycles. The van der Waals surface area contributed by atoms with Gasteiger partial charge in [0.2, 0.25) is 0 Å². The van der Waals surface area contributed by atoms with Gasteiger partial charge >= 0.3 is 0 Å². The fourth-order valence-electron chi connectivity index (χ4n) is 6.38. The summed E-state index contributed by atoms with van der Waals surface area (Å²) in [5.41, 5.74) is 9.02. The Hall–Kier alpha value is -3.47. The van der Waals surface area contributed by atoms with Crippen LogP contribution in [-0.2, 0) is 0 Å². The minimum atomic E-state index is -1.88. The van der Waals surface area contributed by atoms with Crippen molar-refractivity contribution in [2.45, 2.75) is 130 Å². The molecule has 256 valence electrons. The number of nitrogens with zero attached hydrogens (tertiary/aromatic N) is 2. The van der Waals surface area contributed by atoms with Crippen LogP contribution in [0.2, 0.25) is 39.3 Å². The maximum atomic E-state index is 14.3. The average molecular weight is 683 g/mol. The van der Waals surface area contributed by atoms with Gasteiger partial charge in [0.25, 0.3) is 23.6 Å². The van der Waals surface area contributed by atoms with Gasteiger partial charge in [-0.3, -0.25) is 29.0 Å². The number of benzene rings is 2. The quantitative estimate of drug-likeness (QED) is 0.0862. The van der Waals surface area contributed by atoms with E-state index in [0.717, 1.165) is 64.2 Å². The Morgan fingerprint density at radius 1 is 0.500 bits per heavy atom. The van der Waals surface area contributed by atoms with Gasteiger partial charge in [-0.05, 0) is 25.0 Å². The Morgan fingerprint density at radius 3 is 1.17 bits per heavy atom. The second-order valence-electron chi connectivity index (χ2n) is 15.5. The summed E-state index contributed by atoms with van der Waals surface area (Å²) in [5.74, 6) is 5.00. The normalized spacial score (nSPS) is 14.3. The summed E-state index contributed by atoms with van der Waals surface area (Å²) in [5, 5.41) is 0.770. The van der Waals surface area contributed by atoms with Crippen LogP contribution >= 0.6 is 0 Å². The van der Waals surface area contributed by atoms with E-state index in [4.69, 9.17) is 0 Å². The molecule has 0 N–H and O–H groups in total. The molecule has 2 aliphatic rings. The van der Waals surface area contributed by atoms with Gasteiger partial charge in [-0.2, -0.15) is 0 Å². The van der Waals surface area contributed by atoms with Gasteiger partial charge in [0, 0.05) is 46.1 Å². The maximum Gasteiger partial charge on any atom is 0.262 e. The number of hydrogen-bond donors (Lipinski definition) is 0. The molecule has 0 aliphatic carbocycles. The van der Waals surface area contributed by atoms with Crippen LogP contribution in [0.25, 0.3) is 10.8 Å². The molecular formula is C40H54N2O4Si2. The lowest BCUT2D eigenvalue weighted by Gasteiger charge is -2.33. The van der Waals surface area contributed by atoms with Gasteiger partial charge < -0.3 is 0 Å². The van der Waals surface area contributed by atoms with Gasteiger partial charge in [0.15, 0.2) is 0 Å². The third-order valence-electron chi connectivity index (χ3n) is 8.89. The van der Waals surface area contributed by atoms with Gasteiger partial charge in [-0.15, -0.1) is 11.1 Å². The zero-order valence-electron chi connectivity index (χ0n) is 30.6. The third kappa shape index (κ3) is 8.57. The molecule has 8 heteroatoms. The lowest BCUT2D eigenvalue weighted by Crippen LogP contribution is -2.44. The number of carbonyl (C=O) groups is 4. The highest BCUT2D eigenvalue weighted by Gasteiger charge is 2.42. The topological polar surface area (TPSA) is 74.8 Å². The van der Waals surface area contributed by atoms with Crippen LogP contribution < -0.4 is 0 Å². The first-order valence-electron chi connectivity index (χ1n) is 18.2. The molecule has 0 atom stereocenters. The number of hydrogen-bond acceptors (Lipinski definition) is 4. The Kier molecular flexibility index (Phi) is 12.3. The molecule has 0 saturated heterocycles. The van der Waals surface area contributed by atoms with E-state index in [0.29, 0.717) is 57.2 Å². The Morgan fingerprint density at radius 2 is 0.833 bits per heavy atom. The van der Waals surface area contributed by atoms with Crippen LogP contribution in [-0.4, -0.2) is 62.7 Å². The average Bonchev–Trinajstić information content (AvgIpc) is 3.01. The number of amides is 4. The minimum Gasteiger partial charge on any atom is -0.274 e. The van der Waals surface area contributed by atoms with E-state index in [1.165, 1.54) is 22.6 Å². The van der Waals surface area contributed by atoms with Crippen molar-refractivity contribution in [3.8, 4) is 22.9 Å². The summed E-state index contributed by atoms with van der Waals surface area (Å²) >= 11 is 0. The minimum absolute atomic E-state index is 0.314. The molecule has 0 unspecified atom stereocenters. The van der Waals surface area contributed by atoms with E-state index in [2.05, 4.69) is 76.1 Å². The summed E-state index contributed by atoms with van der Waals surface area (Å²) in [4.78, 5) is 59.8. The monoisotopic (exact) mass is 682 g/mol. The van der Waals surface area contributed by atoms with Crippen molar-refractivity contribution in [1.29, 1.82) is 0 Å². The largest absolute Gasteiger partial charge is 0.274 e. The summed E-state index contributed by atoms with van der Waals surface area (Å²) in [6.45, 7) is 17.8. The van der Waals surface area contributed by atoms with Crippen LogP contribution in [0.15, 0.2) is 12.1 Å². The standard InChI is InChI=1S/C40H54N2O4Si2/c1-9-11-13-15-17-19-23-41-37(43)31-27-30(22-26-48(6,7)8)34-36-32(38(44)42(40(34)46)24-20-18-16-14-12-10-2)28-29(21-25-47(3,4)5)33(35(31)36)39(41)45/h27-28H,9-20,23-24H2,1-8H3. The number of carbonyl (C=O) groups excluding carboxylic acids is 4. The molecule has 2 aliphatic heterocycles. The van der Waals surface area contributed by atoms with Gasteiger partial charge in [0.05, 0.1) is 11.1 Å². The Labute approximate surface area is 290 Å². The van der Waals surface area contributed by atoms with Gasteiger partial charge in [-0.1, -0.05) is 129 Å². The lowest BCUT2D eigenvalue weighted by atomic mass is 9.81. The van der Waals surface area contributed by atoms with E-state index in [1.54, 1.807) is 12.1 Å². The van der Waals surface area contributed by atoms with E-state index < -0.39 is 28.0 Å². The molecule has 4 rings (SSSR count). The van der Waals surface area contributed by atoms with Crippen LogP contribution in [0.5, 0.6) is 0 Å². The fraction of sp³-hybridized carbons (Fsp3) is 0.550. The predicted molar refractivity (Wildman–Crippen MR) is 202 cm³/mol. The molecule has 0 aromatic heterocycles. The summed E-state index contributed by atoms with van der Waals surface area (Å²) in [7, 11) is -3.76. The smallest absolute Gasteiger partial charge is 0.262 e. The molecule has 4 amide bonds. The maximum absolute atomic E-state index is 14.3. The van der Waals surface area contributed by atoms with Crippen LogP contribution in [0.3, 0.4) is 0 Å². The zero-order chi connectivity index (χ0) is 35.2. The fourth-order valence-corrected chi connectivity index (χ4v) is 7.39. The van der Waals surface area contributed by atoms with Crippen molar-refractivity contribution < 1.29 is 19.2 Å². The first kappa shape index (κ1) is 37.4. The summed E-state index contributed by atoms with van der Waals surface area (Å²) in [6, 6.07) is 3.43. The molecule has 0 bridgehead atoms. The molecular weight excluding hydrogens is 629 g/mol. The molecule has 0 radical (unpaired) electrons. The first-order chi connectivity index (χ1) is 22.7. The third-order valence-corrected chi connectivity index (χ3v) is 10.6. The Balaban J connectivity index is 1.92. The molecule has 2 heterocycles. The second kappa shape index (κ2) is 15.8. The van der Waals surface area contributed by atoms with Gasteiger partial charge in [-0.25, -0.2) is 0 Å². The van der Waals surface area contributed by atoms with Crippen LogP contribution in [0.4, 0.5) is 0 Å². The van der Waals surface area contributed by atoms with Crippen molar-refractivity contribution in [2.75, 3.05) is 13.1 Å². The molecule has 2 aromatic rings. The van der Waals surface area contributed by atoms with E-state index in [1.807, 2.05) is 0 Å². The molecule has 6 nitrogen and oxygen atoms in total. The highest BCUT2D eigenvalue weighted by atomic mass is 28.3. The summed E-state index contributed by atoms with van der Waals surface area (Å²) < 4.78 is 0. The van der Waals surface area contributed by atoms with E-state index >= 15 is 0 Å². The highest BCUT2D eigenvalue weighted by Crippen LogP contribution is 2.41. The van der Waals surface area contributed by atoms with E-state index in [-0.39, 0.29) is 11.8 Å². The van der Waals surface area contributed by atoms with Crippen LogP contribution in [0.1, 0.15) is 143 Å². The highest BCUT2D eigenvalue weighted by molar-refractivity contribution is 6.84. The van der Waals surface area contributed by atoms with Crippen molar-refractivity contribution in [3.05, 3.63) is 45.5 Å². The van der Waals surface area contributed by atoms with Crippen molar-refractivity contribution in [2.24, 2.45) is 0 Å². The SMILES string of the molecule is CCCCCCCCN1C(=O)c2cc(C#C[Si](C)(C)C)c3c4c(cc(C#C[Si](C)(C)C)c(c24)C1=O)C(=O)N(CCCCCCCC)C3=O. The predicted octanol–water partition coefficient (Wildman–Crippen LogP) is 9.21. The van der Waals surface area contributed by atoms with Crippen LogP contribution in [0, 0.1) is 22.9 Å². The molecule has 0 fully saturated rings. The number of imide groups is 2. The molecule has 0 spiro atoms. The lowest BCUT2D eigenvalue weighted by molar-refractivity contribution is 0.0585. The molecule has 2 aromatic carbocycles. The van der Waals surface area contributed by atoms with Gasteiger partial charge in [0.1, 0.15) is 16.1 Å².